The summed E-state index contributed by atoms with van der Waals surface area (Å²) in [5, 5.41) is 5.28. The van der Waals surface area contributed by atoms with Crippen LogP contribution in [0.3, 0.4) is 0 Å². The zero-order valence-electron chi connectivity index (χ0n) is 10.9. The molecule has 2 heterocycles. The molecule has 98 valence electrons. The second-order valence-corrected chi connectivity index (χ2v) is 5.24. The number of rotatable bonds is 6. The van der Waals surface area contributed by atoms with Crippen LogP contribution >= 0.6 is 15.9 Å². The largest absolute Gasteiger partial charge is 0.356 e. The van der Waals surface area contributed by atoms with Crippen molar-refractivity contribution >= 4 is 27.4 Å². The number of hydrogen-bond donors (Lipinski definition) is 0. The molecule has 2 aromatic heterocycles. The van der Waals surface area contributed by atoms with Gasteiger partial charge in [0.15, 0.2) is 5.65 Å². The first-order chi connectivity index (χ1) is 8.76. The minimum Gasteiger partial charge on any atom is -0.356 e. The predicted molar refractivity (Wildman–Crippen MR) is 78.6 cm³/mol. The molecule has 0 radical (unpaired) electrons. The first-order valence-electron chi connectivity index (χ1n) is 6.37. The van der Waals surface area contributed by atoms with Gasteiger partial charge < -0.3 is 4.90 Å². The van der Waals surface area contributed by atoms with Gasteiger partial charge in [0.1, 0.15) is 12.1 Å². The summed E-state index contributed by atoms with van der Waals surface area (Å²) >= 11 is 3.53. The molecule has 0 spiro atoms. The van der Waals surface area contributed by atoms with Gasteiger partial charge in [-0.25, -0.2) is 4.98 Å². The van der Waals surface area contributed by atoms with Crippen molar-refractivity contribution < 1.29 is 0 Å². The lowest BCUT2D eigenvalue weighted by atomic mass is 10.2. The summed E-state index contributed by atoms with van der Waals surface area (Å²) in [5.41, 5.74) is 2.14. The molecule has 0 bridgehead atoms. The molecule has 0 aromatic carbocycles. The third kappa shape index (κ3) is 2.83. The van der Waals surface area contributed by atoms with Crippen molar-refractivity contribution in [2.24, 2.45) is 0 Å². The molecule has 0 atom stereocenters. The molecule has 18 heavy (non-hydrogen) atoms. The van der Waals surface area contributed by atoms with Gasteiger partial charge in [-0.05, 0) is 31.0 Å². The van der Waals surface area contributed by atoms with Crippen molar-refractivity contribution in [2.45, 2.75) is 26.7 Å². The lowest BCUT2D eigenvalue weighted by molar-refractivity contribution is 0.714. The molecule has 0 N–H and O–H groups in total. The summed E-state index contributed by atoms with van der Waals surface area (Å²) in [6.07, 6.45) is 4.01. The third-order valence-electron chi connectivity index (χ3n) is 2.96. The molecular formula is C13H19BrN4. The van der Waals surface area contributed by atoms with Gasteiger partial charge in [-0.2, -0.15) is 9.61 Å². The second kappa shape index (κ2) is 6.18. The van der Waals surface area contributed by atoms with Crippen LogP contribution in [-0.4, -0.2) is 33.0 Å². The van der Waals surface area contributed by atoms with Crippen molar-refractivity contribution in [2.75, 3.05) is 23.3 Å². The molecular weight excluding hydrogens is 292 g/mol. The van der Waals surface area contributed by atoms with Crippen LogP contribution in [0.25, 0.3) is 5.65 Å². The molecule has 0 aliphatic heterocycles. The van der Waals surface area contributed by atoms with E-state index in [9.17, 15) is 0 Å². The highest BCUT2D eigenvalue weighted by atomic mass is 79.9. The molecule has 0 fully saturated rings. The Balaban J connectivity index is 2.38. The SMILES string of the molecule is CCCCN(CCBr)c1cc(C)cc2ncnn12. The number of hydrogen-bond acceptors (Lipinski definition) is 3. The van der Waals surface area contributed by atoms with Crippen LogP contribution in [0.1, 0.15) is 25.3 Å². The topological polar surface area (TPSA) is 33.4 Å². The van der Waals surface area contributed by atoms with Crippen molar-refractivity contribution in [1.82, 2.24) is 14.6 Å². The van der Waals surface area contributed by atoms with Gasteiger partial charge in [0.05, 0.1) is 0 Å². The van der Waals surface area contributed by atoms with Crippen molar-refractivity contribution in [3.05, 3.63) is 24.0 Å². The van der Waals surface area contributed by atoms with Gasteiger partial charge >= 0.3 is 0 Å². The minimum absolute atomic E-state index is 0.918. The summed E-state index contributed by atoms with van der Waals surface area (Å²) in [6.45, 7) is 6.36. The van der Waals surface area contributed by atoms with Gasteiger partial charge in [0, 0.05) is 18.4 Å². The van der Waals surface area contributed by atoms with E-state index < -0.39 is 0 Å². The monoisotopic (exact) mass is 310 g/mol. The number of aromatic nitrogens is 3. The van der Waals surface area contributed by atoms with E-state index in [4.69, 9.17) is 0 Å². The Morgan fingerprint density at radius 1 is 1.33 bits per heavy atom. The van der Waals surface area contributed by atoms with Gasteiger partial charge in [0.25, 0.3) is 0 Å². The number of alkyl halides is 1. The second-order valence-electron chi connectivity index (χ2n) is 4.45. The summed E-state index contributed by atoms with van der Waals surface area (Å²) < 4.78 is 1.92. The molecule has 0 amide bonds. The van der Waals surface area contributed by atoms with E-state index in [1.54, 1.807) is 6.33 Å². The Kier molecular flexibility index (Phi) is 4.58. The molecule has 5 heteroatoms. The zero-order valence-corrected chi connectivity index (χ0v) is 12.5. The highest BCUT2D eigenvalue weighted by molar-refractivity contribution is 9.09. The maximum absolute atomic E-state index is 4.32. The number of nitrogens with zero attached hydrogens (tertiary/aromatic N) is 4. The summed E-state index contributed by atoms with van der Waals surface area (Å²) in [7, 11) is 0. The third-order valence-corrected chi connectivity index (χ3v) is 3.32. The number of aryl methyl sites for hydroxylation is 1. The quantitative estimate of drug-likeness (QED) is 0.769. The lowest BCUT2D eigenvalue weighted by Gasteiger charge is -2.24. The Hall–Kier alpha value is -1.10. The van der Waals surface area contributed by atoms with Crippen LogP contribution in [-0.2, 0) is 0 Å². The lowest BCUT2D eigenvalue weighted by Crippen LogP contribution is -2.28. The number of halogens is 1. The van der Waals surface area contributed by atoms with Crippen LogP contribution < -0.4 is 4.90 Å². The first kappa shape index (κ1) is 13.3. The molecule has 4 nitrogen and oxygen atoms in total. The normalized spacial score (nSPS) is 11.1. The molecule has 0 aliphatic rings. The number of fused-ring (bicyclic) bond motifs is 1. The standard InChI is InChI=1S/C13H19BrN4/c1-3-4-6-17(7-5-14)13-9-11(2)8-12-15-10-16-18(12)13/h8-10H,3-7H2,1-2H3. The van der Waals surface area contributed by atoms with Crippen LogP contribution in [0.15, 0.2) is 18.5 Å². The maximum atomic E-state index is 4.32. The maximum Gasteiger partial charge on any atom is 0.157 e. The minimum atomic E-state index is 0.918. The smallest absolute Gasteiger partial charge is 0.157 e. The van der Waals surface area contributed by atoms with Crippen LogP contribution in [0.5, 0.6) is 0 Å². The molecule has 0 unspecified atom stereocenters. The molecule has 2 aromatic rings. The fraction of sp³-hybridized carbons (Fsp3) is 0.538. The Morgan fingerprint density at radius 3 is 2.89 bits per heavy atom. The summed E-state index contributed by atoms with van der Waals surface area (Å²) in [6, 6.07) is 4.24. The average Bonchev–Trinajstić information content (AvgIpc) is 2.81. The van der Waals surface area contributed by atoms with Crippen LogP contribution in [0, 0.1) is 6.92 Å². The highest BCUT2D eigenvalue weighted by Gasteiger charge is 2.11. The van der Waals surface area contributed by atoms with E-state index in [-0.39, 0.29) is 0 Å². The van der Waals surface area contributed by atoms with Crippen molar-refractivity contribution in [3.63, 3.8) is 0 Å². The molecule has 0 saturated carbocycles. The van der Waals surface area contributed by atoms with E-state index in [0.29, 0.717) is 0 Å². The van der Waals surface area contributed by atoms with Crippen LogP contribution in [0.4, 0.5) is 5.82 Å². The van der Waals surface area contributed by atoms with E-state index in [1.165, 1.54) is 18.4 Å². The molecule has 2 rings (SSSR count). The molecule has 0 aliphatic carbocycles. The van der Waals surface area contributed by atoms with Crippen molar-refractivity contribution in [3.8, 4) is 0 Å². The predicted octanol–water partition coefficient (Wildman–Crippen LogP) is 3.04. The van der Waals surface area contributed by atoms with Crippen LogP contribution in [0.2, 0.25) is 0 Å². The van der Waals surface area contributed by atoms with E-state index >= 15 is 0 Å². The average molecular weight is 311 g/mol. The first-order valence-corrected chi connectivity index (χ1v) is 7.49. The summed E-state index contributed by atoms with van der Waals surface area (Å²) in [4.78, 5) is 6.64. The fourth-order valence-corrected chi connectivity index (χ4v) is 2.48. The van der Waals surface area contributed by atoms with Gasteiger partial charge in [-0.1, -0.05) is 29.3 Å². The Bertz CT molecular complexity index is 509. The van der Waals surface area contributed by atoms with E-state index in [1.807, 2.05) is 4.52 Å². The Morgan fingerprint density at radius 2 is 2.17 bits per heavy atom. The zero-order chi connectivity index (χ0) is 13.0. The van der Waals surface area contributed by atoms with Crippen molar-refractivity contribution in [1.29, 1.82) is 0 Å². The van der Waals surface area contributed by atoms with Gasteiger partial charge in [-0.3, -0.25) is 0 Å². The highest BCUT2D eigenvalue weighted by Crippen LogP contribution is 2.18. The fourth-order valence-electron chi connectivity index (χ4n) is 2.05. The Labute approximate surface area is 116 Å². The number of unbranched alkanes of at least 4 members (excludes halogenated alkanes) is 1. The van der Waals surface area contributed by atoms with Gasteiger partial charge in [0.2, 0.25) is 0 Å². The molecule has 0 saturated heterocycles. The number of anilines is 1. The van der Waals surface area contributed by atoms with E-state index in [2.05, 4.69) is 56.9 Å². The number of pyridine rings is 1. The summed E-state index contributed by atoms with van der Waals surface area (Å²) in [5.74, 6) is 1.13. The van der Waals surface area contributed by atoms with Gasteiger partial charge in [-0.15, -0.1) is 0 Å². The van der Waals surface area contributed by atoms with E-state index in [0.717, 1.165) is 29.9 Å².